The van der Waals surface area contributed by atoms with Gasteiger partial charge in [-0.15, -0.1) is 0 Å². The molecule has 0 bridgehead atoms. The van der Waals surface area contributed by atoms with Crippen LogP contribution in [0.2, 0.25) is 5.02 Å². The van der Waals surface area contributed by atoms with Crippen molar-refractivity contribution in [1.29, 1.82) is 0 Å². The van der Waals surface area contributed by atoms with Gasteiger partial charge in [0.2, 0.25) is 0 Å². The van der Waals surface area contributed by atoms with Crippen LogP contribution in [-0.2, 0) is 6.54 Å². The molecule has 0 aliphatic carbocycles. The molecule has 0 saturated carbocycles. The summed E-state index contributed by atoms with van der Waals surface area (Å²) in [6, 6.07) is 0. The first-order chi connectivity index (χ1) is 10.6. The third kappa shape index (κ3) is 2.85. The minimum absolute atomic E-state index is 0.0955. The van der Waals surface area contributed by atoms with Gasteiger partial charge in [0.15, 0.2) is 11.5 Å². The lowest BCUT2D eigenvalue weighted by atomic mass is 9.96. The Morgan fingerprint density at radius 2 is 2.18 bits per heavy atom. The van der Waals surface area contributed by atoms with Crippen LogP contribution < -0.4 is 0 Å². The Morgan fingerprint density at radius 1 is 1.45 bits per heavy atom. The van der Waals surface area contributed by atoms with E-state index < -0.39 is 0 Å². The van der Waals surface area contributed by atoms with Gasteiger partial charge in [-0.25, -0.2) is 4.98 Å². The molecule has 0 aromatic carbocycles. The Labute approximate surface area is 133 Å². The van der Waals surface area contributed by atoms with Crippen molar-refractivity contribution in [3.63, 3.8) is 0 Å². The number of H-pyrrole nitrogens is 1. The fourth-order valence-corrected chi connectivity index (χ4v) is 2.97. The normalized spacial score (nSPS) is 16.2. The highest BCUT2D eigenvalue weighted by molar-refractivity contribution is 6.33. The van der Waals surface area contributed by atoms with E-state index >= 15 is 0 Å². The average Bonchev–Trinajstić information content (AvgIpc) is 3.12. The van der Waals surface area contributed by atoms with Gasteiger partial charge in [-0.1, -0.05) is 11.6 Å². The highest BCUT2D eigenvalue weighted by Crippen LogP contribution is 2.27. The highest BCUT2D eigenvalue weighted by atomic mass is 35.5. The molecule has 2 aromatic rings. The molecule has 1 saturated heterocycles. The molecule has 7 nitrogen and oxygen atoms in total. The monoisotopic (exact) mass is 322 g/mol. The molecular weight excluding hydrogens is 304 g/mol. The van der Waals surface area contributed by atoms with Crippen molar-refractivity contribution >= 4 is 17.5 Å². The maximum absolute atomic E-state index is 12.5. The van der Waals surface area contributed by atoms with Crippen molar-refractivity contribution in [2.24, 2.45) is 0 Å². The fraction of sp³-hybridized carbons (Fsp3) is 0.571. The van der Waals surface area contributed by atoms with Gasteiger partial charge in [0, 0.05) is 31.7 Å². The average molecular weight is 323 g/mol. The Hall–Kier alpha value is -1.89. The molecule has 3 rings (SSSR count). The fourth-order valence-electron chi connectivity index (χ4n) is 2.74. The molecule has 0 radical (unpaired) electrons. The molecular formula is C14H19ClN6O. The summed E-state index contributed by atoms with van der Waals surface area (Å²) in [4.78, 5) is 18.7. The van der Waals surface area contributed by atoms with Crippen LogP contribution in [0.5, 0.6) is 0 Å². The topological polar surface area (TPSA) is 79.7 Å². The zero-order chi connectivity index (χ0) is 15.7. The third-order valence-electron chi connectivity index (χ3n) is 4.01. The molecule has 22 heavy (non-hydrogen) atoms. The number of carbonyl (C=O) groups excluding carboxylic acids is 1. The van der Waals surface area contributed by atoms with E-state index in [2.05, 4.69) is 20.3 Å². The second kappa shape index (κ2) is 6.08. The van der Waals surface area contributed by atoms with Crippen molar-refractivity contribution in [2.45, 2.75) is 39.2 Å². The van der Waals surface area contributed by atoms with E-state index in [0.717, 1.165) is 24.5 Å². The van der Waals surface area contributed by atoms with Gasteiger partial charge in [0.1, 0.15) is 5.82 Å². The second-order valence-electron chi connectivity index (χ2n) is 5.53. The van der Waals surface area contributed by atoms with Crippen molar-refractivity contribution in [2.75, 3.05) is 13.1 Å². The Morgan fingerprint density at radius 3 is 2.73 bits per heavy atom. The number of carbonyl (C=O) groups is 1. The summed E-state index contributed by atoms with van der Waals surface area (Å²) >= 11 is 6.11. The number of piperidine rings is 1. The first-order valence-corrected chi connectivity index (χ1v) is 7.87. The third-order valence-corrected chi connectivity index (χ3v) is 4.28. The molecule has 2 aromatic heterocycles. The second-order valence-corrected chi connectivity index (χ2v) is 5.93. The van der Waals surface area contributed by atoms with Gasteiger partial charge in [-0.2, -0.15) is 10.2 Å². The van der Waals surface area contributed by atoms with Gasteiger partial charge < -0.3 is 4.90 Å². The zero-order valence-electron chi connectivity index (χ0n) is 12.7. The van der Waals surface area contributed by atoms with E-state index in [-0.39, 0.29) is 5.91 Å². The maximum atomic E-state index is 12.5. The van der Waals surface area contributed by atoms with Gasteiger partial charge in [-0.05, 0) is 26.7 Å². The minimum Gasteiger partial charge on any atom is -0.337 e. The lowest BCUT2D eigenvalue weighted by Crippen LogP contribution is -2.38. The first-order valence-electron chi connectivity index (χ1n) is 7.49. The Kier molecular flexibility index (Phi) is 4.15. The largest absolute Gasteiger partial charge is 0.337 e. The Bertz CT molecular complexity index is 671. The molecule has 0 atom stereocenters. The summed E-state index contributed by atoms with van der Waals surface area (Å²) in [5, 5.41) is 11.8. The number of nitrogens with zero attached hydrogens (tertiary/aromatic N) is 5. The summed E-state index contributed by atoms with van der Waals surface area (Å²) in [5.41, 5.74) is 0.343. The van der Waals surface area contributed by atoms with Crippen LogP contribution in [0.15, 0.2) is 6.20 Å². The summed E-state index contributed by atoms with van der Waals surface area (Å²) in [6.07, 6.45) is 3.40. The lowest BCUT2D eigenvalue weighted by Gasteiger charge is -2.30. The van der Waals surface area contributed by atoms with Crippen molar-refractivity contribution in [3.8, 4) is 0 Å². The number of likely N-dealkylation sites (tertiary alicyclic amines) is 1. The number of aryl methyl sites for hydroxylation is 2. The molecule has 1 amide bonds. The maximum Gasteiger partial charge on any atom is 0.275 e. The molecule has 1 N–H and O–H groups in total. The van der Waals surface area contributed by atoms with Crippen LogP contribution in [0.3, 0.4) is 0 Å². The molecule has 0 unspecified atom stereocenters. The SMILES string of the molecule is CCn1cc(Cl)c(C(=O)N2CCC(c3n[nH]c(C)n3)CC2)n1. The predicted molar refractivity (Wildman–Crippen MR) is 81.9 cm³/mol. The van der Waals surface area contributed by atoms with E-state index in [0.29, 0.717) is 36.3 Å². The molecule has 3 heterocycles. The van der Waals surface area contributed by atoms with E-state index in [4.69, 9.17) is 11.6 Å². The van der Waals surface area contributed by atoms with Crippen LogP contribution in [0, 0.1) is 6.92 Å². The minimum atomic E-state index is -0.0955. The Balaban J connectivity index is 1.65. The molecule has 0 spiro atoms. The number of halogens is 1. The van der Waals surface area contributed by atoms with E-state index in [1.54, 1.807) is 10.9 Å². The zero-order valence-corrected chi connectivity index (χ0v) is 13.5. The number of rotatable bonds is 3. The van der Waals surface area contributed by atoms with Gasteiger partial charge in [-0.3, -0.25) is 14.6 Å². The summed E-state index contributed by atoms with van der Waals surface area (Å²) in [6.45, 7) is 5.89. The molecule has 8 heteroatoms. The van der Waals surface area contributed by atoms with E-state index in [1.165, 1.54) is 0 Å². The first kappa shape index (κ1) is 15.0. The number of aromatic nitrogens is 5. The number of aromatic amines is 1. The quantitative estimate of drug-likeness (QED) is 0.937. The number of hydrogen-bond acceptors (Lipinski definition) is 4. The van der Waals surface area contributed by atoms with Crippen molar-refractivity contribution in [1.82, 2.24) is 29.9 Å². The van der Waals surface area contributed by atoms with Crippen LogP contribution in [0.1, 0.15) is 47.8 Å². The van der Waals surface area contributed by atoms with Gasteiger partial charge in [0.05, 0.1) is 5.02 Å². The van der Waals surface area contributed by atoms with Crippen LogP contribution in [0.4, 0.5) is 0 Å². The van der Waals surface area contributed by atoms with E-state index in [9.17, 15) is 4.79 Å². The smallest absolute Gasteiger partial charge is 0.275 e. The summed E-state index contributed by atoms with van der Waals surface area (Å²) < 4.78 is 1.68. The molecule has 118 valence electrons. The van der Waals surface area contributed by atoms with Gasteiger partial charge in [0.25, 0.3) is 5.91 Å². The predicted octanol–water partition coefficient (Wildman–Crippen LogP) is 2.00. The number of hydrogen-bond donors (Lipinski definition) is 1. The van der Waals surface area contributed by atoms with Crippen molar-refractivity contribution in [3.05, 3.63) is 28.6 Å². The van der Waals surface area contributed by atoms with Crippen LogP contribution in [-0.4, -0.2) is 48.9 Å². The lowest BCUT2D eigenvalue weighted by molar-refractivity contribution is 0.0704. The summed E-state index contributed by atoms with van der Waals surface area (Å²) in [7, 11) is 0. The number of nitrogens with one attached hydrogen (secondary N) is 1. The summed E-state index contributed by atoms with van der Waals surface area (Å²) in [5.74, 6) is 1.88. The van der Waals surface area contributed by atoms with Crippen LogP contribution in [0.25, 0.3) is 0 Å². The highest BCUT2D eigenvalue weighted by Gasteiger charge is 2.28. The van der Waals surface area contributed by atoms with Crippen molar-refractivity contribution < 1.29 is 4.79 Å². The molecule has 1 aliphatic rings. The number of amides is 1. The van der Waals surface area contributed by atoms with E-state index in [1.807, 2.05) is 18.7 Å². The molecule has 1 aliphatic heterocycles. The van der Waals surface area contributed by atoms with Gasteiger partial charge >= 0.3 is 0 Å². The van der Waals surface area contributed by atoms with Crippen LogP contribution >= 0.6 is 11.6 Å². The molecule has 1 fully saturated rings. The standard InChI is InChI=1S/C14H19ClN6O/c1-3-21-8-11(15)12(19-21)14(22)20-6-4-10(5-7-20)13-16-9(2)17-18-13/h8,10H,3-7H2,1-2H3,(H,16,17,18).